The summed E-state index contributed by atoms with van der Waals surface area (Å²) in [5.74, 6) is 0. The summed E-state index contributed by atoms with van der Waals surface area (Å²) in [7, 11) is 0. The Bertz CT molecular complexity index is 405. The molecule has 0 amide bonds. The molecule has 0 aromatic heterocycles. The fourth-order valence-corrected chi connectivity index (χ4v) is 2.29. The van der Waals surface area contributed by atoms with Crippen molar-refractivity contribution >= 4 is 0 Å². The minimum atomic E-state index is -4.30. The third kappa shape index (κ3) is 3.23. The lowest BCUT2D eigenvalue weighted by molar-refractivity contribution is -0.137. The normalized spacial score (nSPS) is 24.4. The number of rotatable bonds is 3. The third-order valence-electron chi connectivity index (χ3n) is 3.30. The van der Waals surface area contributed by atoms with E-state index in [1.807, 2.05) is 0 Å². The quantitative estimate of drug-likeness (QED) is 0.874. The maximum atomic E-state index is 12.5. The maximum absolute atomic E-state index is 12.5. The van der Waals surface area contributed by atoms with Gasteiger partial charge in [-0.15, -0.1) is 0 Å². The minimum absolute atomic E-state index is 0.000423. The van der Waals surface area contributed by atoms with Crippen molar-refractivity contribution in [2.24, 2.45) is 0 Å². The SMILES string of the molecule is O[C@@H]1CCC[C@@H]1NCc1cccc(C(F)(F)F)c1. The van der Waals surface area contributed by atoms with Crippen LogP contribution in [0.5, 0.6) is 0 Å². The van der Waals surface area contributed by atoms with Gasteiger partial charge in [-0.2, -0.15) is 13.2 Å². The number of hydrogen-bond acceptors (Lipinski definition) is 2. The first-order valence-corrected chi connectivity index (χ1v) is 6.04. The summed E-state index contributed by atoms with van der Waals surface area (Å²) < 4.78 is 37.5. The second kappa shape index (κ2) is 5.28. The van der Waals surface area contributed by atoms with Gasteiger partial charge in [0.1, 0.15) is 0 Å². The van der Waals surface area contributed by atoms with Crippen molar-refractivity contribution in [1.29, 1.82) is 0 Å². The summed E-state index contributed by atoms with van der Waals surface area (Å²) in [5, 5.41) is 12.7. The van der Waals surface area contributed by atoms with Gasteiger partial charge in [0.15, 0.2) is 0 Å². The molecule has 0 bridgehead atoms. The summed E-state index contributed by atoms with van der Waals surface area (Å²) >= 11 is 0. The number of benzene rings is 1. The van der Waals surface area contributed by atoms with Crippen molar-refractivity contribution in [1.82, 2.24) is 5.32 Å². The molecule has 0 saturated heterocycles. The lowest BCUT2D eigenvalue weighted by Crippen LogP contribution is -2.35. The zero-order chi connectivity index (χ0) is 13.2. The summed E-state index contributed by atoms with van der Waals surface area (Å²) in [5.41, 5.74) is -0.0438. The highest BCUT2D eigenvalue weighted by Gasteiger charge is 2.30. The highest BCUT2D eigenvalue weighted by molar-refractivity contribution is 5.25. The van der Waals surface area contributed by atoms with Gasteiger partial charge in [0.05, 0.1) is 11.7 Å². The first-order chi connectivity index (χ1) is 8.47. The Balaban J connectivity index is 1.97. The predicted molar refractivity (Wildman–Crippen MR) is 61.9 cm³/mol. The Morgan fingerprint density at radius 1 is 1.28 bits per heavy atom. The van der Waals surface area contributed by atoms with Crippen LogP contribution in [0.15, 0.2) is 24.3 Å². The molecule has 100 valence electrons. The lowest BCUT2D eigenvalue weighted by atomic mass is 10.1. The molecule has 0 spiro atoms. The van der Waals surface area contributed by atoms with E-state index in [-0.39, 0.29) is 12.1 Å². The van der Waals surface area contributed by atoms with E-state index in [0.717, 1.165) is 31.4 Å². The number of halogens is 3. The molecule has 0 aliphatic heterocycles. The molecule has 0 radical (unpaired) electrons. The van der Waals surface area contributed by atoms with Gasteiger partial charge in [-0.25, -0.2) is 0 Å². The largest absolute Gasteiger partial charge is 0.416 e. The lowest BCUT2D eigenvalue weighted by Gasteiger charge is -2.17. The number of hydrogen-bond donors (Lipinski definition) is 2. The van der Waals surface area contributed by atoms with Crippen LogP contribution >= 0.6 is 0 Å². The predicted octanol–water partition coefficient (Wildman–Crippen LogP) is 2.71. The van der Waals surface area contributed by atoms with Crippen LogP contribution < -0.4 is 5.32 Å². The van der Waals surface area contributed by atoms with Crippen LogP contribution in [0.25, 0.3) is 0 Å². The van der Waals surface area contributed by atoms with E-state index in [1.165, 1.54) is 6.07 Å². The van der Waals surface area contributed by atoms with Gasteiger partial charge in [-0.3, -0.25) is 0 Å². The standard InChI is InChI=1S/C13H16F3NO/c14-13(15,16)10-4-1-3-9(7-10)8-17-11-5-2-6-12(11)18/h1,3-4,7,11-12,17-18H,2,5-6,8H2/t11-,12+/m0/s1. The number of aliphatic hydroxyl groups excluding tert-OH is 1. The first kappa shape index (κ1) is 13.4. The molecule has 5 heteroatoms. The second-order valence-electron chi connectivity index (χ2n) is 4.68. The van der Waals surface area contributed by atoms with Crippen LogP contribution in [0.4, 0.5) is 13.2 Å². The van der Waals surface area contributed by atoms with Crippen LogP contribution in [-0.4, -0.2) is 17.3 Å². The number of nitrogens with one attached hydrogen (secondary N) is 1. The van der Waals surface area contributed by atoms with Crippen molar-refractivity contribution in [2.45, 2.75) is 44.1 Å². The summed E-state index contributed by atoms with van der Waals surface area (Å²) in [6, 6.07) is 5.27. The van der Waals surface area contributed by atoms with E-state index < -0.39 is 11.7 Å². The topological polar surface area (TPSA) is 32.3 Å². The molecule has 0 heterocycles. The van der Waals surface area contributed by atoms with Crippen molar-refractivity contribution in [3.8, 4) is 0 Å². The fraction of sp³-hybridized carbons (Fsp3) is 0.538. The van der Waals surface area contributed by atoms with Crippen LogP contribution in [-0.2, 0) is 12.7 Å². The van der Waals surface area contributed by atoms with E-state index in [2.05, 4.69) is 5.32 Å². The smallest absolute Gasteiger partial charge is 0.392 e. The monoisotopic (exact) mass is 259 g/mol. The van der Waals surface area contributed by atoms with E-state index in [1.54, 1.807) is 6.07 Å². The van der Waals surface area contributed by atoms with E-state index in [9.17, 15) is 18.3 Å². The molecular formula is C13H16F3NO. The zero-order valence-electron chi connectivity index (χ0n) is 9.87. The van der Waals surface area contributed by atoms with Gasteiger partial charge in [0.2, 0.25) is 0 Å². The molecule has 1 fully saturated rings. The Kier molecular flexibility index (Phi) is 3.92. The first-order valence-electron chi connectivity index (χ1n) is 6.04. The number of aliphatic hydroxyl groups is 1. The highest BCUT2D eigenvalue weighted by Crippen LogP contribution is 2.29. The van der Waals surface area contributed by atoms with Crippen LogP contribution in [0.1, 0.15) is 30.4 Å². The molecule has 1 saturated carbocycles. The van der Waals surface area contributed by atoms with Crippen LogP contribution in [0.2, 0.25) is 0 Å². The Hall–Kier alpha value is -1.07. The zero-order valence-corrected chi connectivity index (χ0v) is 9.87. The Labute approximate surface area is 104 Å². The molecule has 1 aromatic rings. The molecule has 1 aliphatic rings. The maximum Gasteiger partial charge on any atom is 0.416 e. The van der Waals surface area contributed by atoms with Gasteiger partial charge in [0, 0.05) is 12.6 Å². The average Bonchev–Trinajstić information content (AvgIpc) is 2.72. The fourth-order valence-electron chi connectivity index (χ4n) is 2.29. The minimum Gasteiger partial charge on any atom is -0.392 e. The van der Waals surface area contributed by atoms with Crippen molar-refractivity contribution in [3.05, 3.63) is 35.4 Å². The van der Waals surface area contributed by atoms with E-state index in [4.69, 9.17) is 0 Å². The summed E-state index contributed by atoms with van der Waals surface area (Å²) in [6.07, 6.45) is -2.08. The van der Waals surface area contributed by atoms with Gasteiger partial charge in [-0.1, -0.05) is 18.2 Å². The third-order valence-corrected chi connectivity index (χ3v) is 3.30. The van der Waals surface area contributed by atoms with Gasteiger partial charge < -0.3 is 10.4 Å². The molecular weight excluding hydrogens is 243 g/mol. The van der Waals surface area contributed by atoms with Gasteiger partial charge in [0.25, 0.3) is 0 Å². The second-order valence-corrected chi connectivity index (χ2v) is 4.68. The molecule has 0 unspecified atom stereocenters. The van der Waals surface area contributed by atoms with Gasteiger partial charge >= 0.3 is 6.18 Å². The molecule has 2 rings (SSSR count). The average molecular weight is 259 g/mol. The summed E-state index contributed by atoms with van der Waals surface area (Å²) in [4.78, 5) is 0. The van der Waals surface area contributed by atoms with E-state index >= 15 is 0 Å². The number of alkyl halides is 3. The van der Waals surface area contributed by atoms with Crippen LogP contribution in [0, 0.1) is 0 Å². The Morgan fingerprint density at radius 3 is 2.67 bits per heavy atom. The van der Waals surface area contributed by atoms with Crippen molar-refractivity contribution in [2.75, 3.05) is 0 Å². The molecule has 1 aliphatic carbocycles. The van der Waals surface area contributed by atoms with E-state index in [0.29, 0.717) is 12.1 Å². The summed E-state index contributed by atoms with van der Waals surface area (Å²) in [6.45, 7) is 0.353. The molecule has 2 atom stereocenters. The van der Waals surface area contributed by atoms with Crippen LogP contribution in [0.3, 0.4) is 0 Å². The molecule has 2 N–H and O–H groups in total. The highest BCUT2D eigenvalue weighted by atomic mass is 19.4. The van der Waals surface area contributed by atoms with Crippen molar-refractivity contribution in [3.63, 3.8) is 0 Å². The van der Waals surface area contributed by atoms with Crippen molar-refractivity contribution < 1.29 is 18.3 Å². The Morgan fingerprint density at radius 2 is 2.06 bits per heavy atom. The molecule has 1 aromatic carbocycles. The molecule has 18 heavy (non-hydrogen) atoms. The molecule has 2 nitrogen and oxygen atoms in total. The van der Waals surface area contributed by atoms with Gasteiger partial charge in [-0.05, 0) is 30.9 Å².